The van der Waals surface area contributed by atoms with E-state index in [-0.39, 0.29) is 30.9 Å². The number of urea groups is 1. The molecule has 2 N–H and O–H groups in total. The number of ether oxygens (including phenoxy) is 1. The summed E-state index contributed by atoms with van der Waals surface area (Å²) in [4.78, 5) is 55.3. The Balaban J connectivity index is 1.11. The average Bonchev–Trinajstić information content (AvgIpc) is 3.50. The van der Waals surface area contributed by atoms with Crippen molar-refractivity contribution in [3.8, 4) is 5.75 Å². The van der Waals surface area contributed by atoms with Gasteiger partial charge in [0.25, 0.3) is 5.91 Å². The first-order valence-electron chi connectivity index (χ1n) is 13.6. The monoisotopic (exact) mass is 554 g/mol. The first kappa shape index (κ1) is 26.5. The average molecular weight is 555 g/mol. The second-order valence-corrected chi connectivity index (χ2v) is 10.5. The van der Waals surface area contributed by atoms with Crippen LogP contribution in [-0.2, 0) is 35.9 Å². The summed E-state index contributed by atoms with van der Waals surface area (Å²) in [6.45, 7) is 2.04. The number of amides is 5. The fraction of sp³-hybridized carbons (Fsp3) is 0.290. The molecule has 2 saturated heterocycles. The maximum Gasteiger partial charge on any atom is 0.325 e. The second-order valence-electron chi connectivity index (χ2n) is 10.5. The summed E-state index contributed by atoms with van der Waals surface area (Å²) in [6.07, 6.45) is 0.526. The molecule has 1 atom stereocenters. The molecule has 0 aromatic heterocycles. The summed E-state index contributed by atoms with van der Waals surface area (Å²) in [7, 11) is 0. The first-order valence-corrected chi connectivity index (χ1v) is 13.6. The molecule has 3 heterocycles. The lowest BCUT2D eigenvalue weighted by Gasteiger charge is -2.29. The number of benzene rings is 3. The maximum atomic E-state index is 13.5. The zero-order chi connectivity index (χ0) is 28.5. The van der Waals surface area contributed by atoms with E-state index in [1.807, 2.05) is 60.7 Å². The number of carbonyl (C=O) groups excluding carboxylic acids is 4. The van der Waals surface area contributed by atoms with Gasteiger partial charge >= 0.3 is 6.03 Å². The molecule has 41 heavy (non-hydrogen) atoms. The number of nitrogens with zero attached hydrogens (tertiary/aromatic N) is 3. The molecule has 3 aromatic rings. The van der Waals surface area contributed by atoms with Gasteiger partial charge in [0.1, 0.15) is 18.4 Å². The molecule has 0 aliphatic carbocycles. The molecule has 0 radical (unpaired) electrons. The number of imide groups is 1. The third-order valence-electron chi connectivity index (χ3n) is 7.81. The second kappa shape index (κ2) is 11.1. The Morgan fingerprint density at radius 2 is 1.66 bits per heavy atom. The van der Waals surface area contributed by atoms with Gasteiger partial charge in [0.05, 0.1) is 12.3 Å². The van der Waals surface area contributed by atoms with Crippen LogP contribution >= 0.6 is 0 Å². The summed E-state index contributed by atoms with van der Waals surface area (Å²) in [6, 6.07) is 19.7. The van der Waals surface area contributed by atoms with Crippen LogP contribution in [0.2, 0.25) is 0 Å². The Bertz CT molecular complexity index is 1520. The highest BCUT2D eigenvalue weighted by Crippen LogP contribution is 2.33. The fourth-order valence-electron chi connectivity index (χ4n) is 5.60. The minimum absolute atomic E-state index is 0.0120. The molecule has 0 saturated carbocycles. The number of aliphatic hydroxyl groups is 1. The maximum absolute atomic E-state index is 13.5. The van der Waals surface area contributed by atoms with E-state index in [4.69, 9.17) is 4.74 Å². The molecular formula is C31H30N4O6. The van der Waals surface area contributed by atoms with Crippen LogP contribution in [0.15, 0.2) is 66.7 Å². The molecular weight excluding hydrogens is 524 g/mol. The zero-order valence-electron chi connectivity index (χ0n) is 22.4. The molecule has 0 spiro atoms. The van der Waals surface area contributed by atoms with Gasteiger partial charge in [-0.25, -0.2) is 4.79 Å². The zero-order valence-corrected chi connectivity index (χ0v) is 22.4. The van der Waals surface area contributed by atoms with Crippen LogP contribution < -0.4 is 15.0 Å². The number of carbonyl (C=O) groups is 4. The van der Waals surface area contributed by atoms with Crippen molar-refractivity contribution in [2.45, 2.75) is 45.2 Å². The fourth-order valence-corrected chi connectivity index (χ4v) is 5.60. The number of fused-ring (bicyclic) bond motifs is 1. The number of piperidine rings is 1. The van der Waals surface area contributed by atoms with Gasteiger partial charge in [0.15, 0.2) is 0 Å². The van der Waals surface area contributed by atoms with Crippen molar-refractivity contribution in [1.82, 2.24) is 15.1 Å². The molecule has 1 unspecified atom stereocenters. The smallest absolute Gasteiger partial charge is 0.325 e. The molecule has 2 fully saturated rings. The lowest BCUT2D eigenvalue weighted by atomic mass is 10.0. The van der Waals surface area contributed by atoms with Gasteiger partial charge in [0.2, 0.25) is 11.8 Å². The molecule has 5 amide bonds. The largest absolute Gasteiger partial charge is 0.487 e. The first-order chi connectivity index (χ1) is 19.9. The molecule has 3 aromatic carbocycles. The molecule has 0 bridgehead atoms. The summed E-state index contributed by atoms with van der Waals surface area (Å²) in [5.41, 5.74) is 4.74. The van der Waals surface area contributed by atoms with E-state index in [1.165, 1.54) is 4.90 Å². The van der Waals surface area contributed by atoms with Crippen molar-refractivity contribution in [3.05, 3.63) is 94.5 Å². The van der Waals surface area contributed by atoms with Gasteiger partial charge in [-0.2, -0.15) is 0 Å². The predicted octanol–water partition coefficient (Wildman–Crippen LogP) is 2.96. The van der Waals surface area contributed by atoms with Crippen LogP contribution in [0, 0.1) is 0 Å². The van der Waals surface area contributed by atoms with Crippen LogP contribution in [-0.4, -0.2) is 57.8 Å². The van der Waals surface area contributed by atoms with Crippen molar-refractivity contribution >= 4 is 29.4 Å². The number of anilines is 1. The van der Waals surface area contributed by atoms with Crippen LogP contribution in [0.5, 0.6) is 5.75 Å². The SMILES string of the molecule is O=C1CCC(N2Cc3cc(CN4CCN(c5ccccc5OCc5ccc(CO)cc5)C4=O)ccc3C2=O)C(=O)N1. The van der Waals surface area contributed by atoms with Gasteiger partial charge in [-0.1, -0.05) is 48.5 Å². The van der Waals surface area contributed by atoms with E-state index in [9.17, 15) is 24.3 Å². The van der Waals surface area contributed by atoms with Crippen molar-refractivity contribution in [3.63, 3.8) is 0 Å². The van der Waals surface area contributed by atoms with Crippen LogP contribution in [0.25, 0.3) is 0 Å². The summed E-state index contributed by atoms with van der Waals surface area (Å²) in [5.74, 6) is -0.358. The molecule has 210 valence electrons. The van der Waals surface area contributed by atoms with Gasteiger partial charge < -0.3 is 19.6 Å². The normalized spacial score (nSPS) is 18.7. The summed E-state index contributed by atoms with van der Waals surface area (Å²) < 4.78 is 6.09. The lowest BCUT2D eigenvalue weighted by Crippen LogP contribution is -2.52. The Labute approximate surface area is 237 Å². The van der Waals surface area contributed by atoms with E-state index < -0.39 is 11.9 Å². The number of para-hydroxylation sites is 2. The highest BCUT2D eigenvalue weighted by atomic mass is 16.5. The van der Waals surface area contributed by atoms with Crippen LogP contribution in [0.1, 0.15) is 45.5 Å². The van der Waals surface area contributed by atoms with Crippen molar-refractivity contribution < 1.29 is 29.0 Å². The number of nitrogens with one attached hydrogen (secondary N) is 1. The number of hydrogen-bond donors (Lipinski definition) is 2. The predicted molar refractivity (Wildman–Crippen MR) is 149 cm³/mol. The topological polar surface area (TPSA) is 119 Å². The van der Waals surface area contributed by atoms with E-state index in [2.05, 4.69) is 5.32 Å². The van der Waals surface area contributed by atoms with Crippen molar-refractivity contribution in [2.75, 3.05) is 18.0 Å². The van der Waals surface area contributed by atoms with Gasteiger partial charge in [-0.15, -0.1) is 0 Å². The molecule has 10 nitrogen and oxygen atoms in total. The van der Waals surface area contributed by atoms with Crippen LogP contribution in [0.4, 0.5) is 10.5 Å². The molecule has 6 rings (SSSR count). The Morgan fingerprint density at radius 1 is 0.902 bits per heavy atom. The van der Waals surface area contributed by atoms with Gasteiger partial charge in [-0.05, 0) is 46.9 Å². The quantitative estimate of drug-likeness (QED) is 0.414. The minimum Gasteiger partial charge on any atom is -0.487 e. The van der Waals surface area contributed by atoms with E-state index in [0.717, 1.165) is 22.3 Å². The standard InChI is InChI=1S/C31H30N4O6/c36-18-20-5-7-21(8-6-20)19-41-27-4-2-1-3-25(27)34-14-13-33(31(34)40)16-22-9-10-24-23(15-22)17-35(30(24)39)26-11-12-28(37)32-29(26)38/h1-10,15,26,36H,11-14,16-19H2,(H,32,37,38). The Hall–Kier alpha value is -4.70. The highest BCUT2D eigenvalue weighted by Gasteiger charge is 2.39. The number of rotatable bonds is 8. The van der Waals surface area contributed by atoms with Crippen molar-refractivity contribution in [1.29, 1.82) is 0 Å². The molecule has 3 aliphatic heterocycles. The van der Waals surface area contributed by atoms with E-state index in [0.29, 0.717) is 56.2 Å². The highest BCUT2D eigenvalue weighted by molar-refractivity contribution is 6.05. The van der Waals surface area contributed by atoms with E-state index in [1.54, 1.807) is 15.9 Å². The third kappa shape index (κ3) is 5.26. The molecule has 3 aliphatic rings. The third-order valence-corrected chi connectivity index (χ3v) is 7.81. The van der Waals surface area contributed by atoms with Gasteiger partial charge in [0, 0.05) is 38.2 Å². The Morgan fingerprint density at radius 3 is 2.44 bits per heavy atom. The summed E-state index contributed by atoms with van der Waals surface area (Å²) in [5, 5.41) is 11.6. The Kier molecular flexibility index (Phi) is 7.15. The van der Waals surface area contributed by atoms with E-state index >= 15 is 0 Å². The number of aliphatic hydroxyl groups excluding tert-OH is 1. The van der Waals surface area contributed by atoms with Gasteiger partial charge in [-0.3, -0.25) is 24.6 Å². The lowest BCUT2D eigenvalue weighted by molar-refractivity contribution is -0.136. The molecule has 10 heteroatoms. The minimum atomic E-state index is -0.660. The number of hydrogen-bond acceptors (Lipinski definition) is 6. The summed E-state index contributed by atoms with van der Waals surface area (Å²) >= 11 is 0. The van der Waals surface area contributed by atoms with Crippen LogP contribution in [0.3, 0.4) is 0 Å². The van der Waals surface area contributed by atoms with Crippen molar-refractivity contribution in [2.24, 2.45) is 0 Å².